The highest BCUT2D eigenvalue weighted by Crippen LogP contribution is 2.11. The van der Waals surface area contributed by atoms with Gasteiger partial charge in [0.25, 0.3) is 5.82 Å². The molecule has 146 valence electrons. The zero-order chi connectivity index (χ0) is 17.8. The number of rotatable bonds is 13. The molecule has 0 fully saturated rings. The molecule has 0 spiro atoms. The smallest absolute Gasteiger partial charge is 0.305 e. The van der Waals surface area contributed by atoms with Crippen LogP contribution < -0.4 is 28.5 Å². The normalized spacial score (nSPS) is 10.6. The molecule has 5 heteroatoms. The number of halogens is 1. The van der Waals surface area contributed by atoms with Crippen molar-refractivity contribution in [3.63, 3.8) is 0 Å². The van der Waals surface area contributed by atoms with E-state index >= 15 is 0 Å². The molecule has 1 heterocycles. The minimum Gasteiger partial charge on any atom is -1.00 e. The van der Waals surface area contributed by atoms with Crippen LogP contribution in [0.4, 0.5) is 0 Å². The van der Waals surface area contributed by atoms with Crippen molar-refractivity contribution < 1.29 is 38.1 Å². The van der Waals surface area contributed by atoms with Crippen LogP contribution in [0.2, 0.25) is 0 Å². The lowest BCUT2D eigenvalue weighted by Crippen LogP contribution is -3.00. The van der Waals surface area contributed by atoms with Gasteiger partial charge in [-0.1, -0.05) is 39.5 Å². The number of imidazole rings is 1. The average Bonchev–Trinajstić information content (AvgIpc) is 2.89. The first-order valence-electron chi connectivity index (χ1n) is 9.79. The Morgan fingerprint density at radius 3 is 2.32 bits per heavy atom. The van der Waals surface area contributed by atoms with E-state index in [1.165, 1.54) is 70.0 Å². The summed E-state index contributed by atoms with van der Waals surface area (Å²) in [5, 5.41) is 0. The summed E-state index contributed by atoms with van der Waals surface area (Å²) in [6.45, 7) is 8.84. The molecule has 0 aliphatic carbocycles. The molecule has 0 aromatic carbocycles. The summed E-state index contributed by atoms with van der Waals surface area (Å²) in [7, 11) is 1.46. The van der Waals surface area contributed by atoms with Gasteiger partial charge in [-0.2, -0.15) is 0 Å². The topological polar surface area (TPSA) is 35.1 Å². The van der Waals surface area contributed by atoms with Crippen LogP contribution in [0.15, 0.2) is 6.20 Å². The van der Waals surface area contributed by atoms with Crippen LogP contribution >= 0.6 is 0 Å². The monoisotopic (exact) mass is 464 g/mol. The fourth-order valence-electron chi connectivity index (χ4n) is 3.17. The third-order valence-electron chi connectivity index (χ3n) is 4.76. The standard InChI is InChI=1S/C20H37N2O2.HI/c1-5-7-9-11-15-21-17-19(13-14-20(23)24-4)22(18(21)3)16-12-10-8-6-2;/h17H,5-16H2,1-4H3;1H/q+1;/p-1. The van der Waals surface area contributed by atoms with Crippen molar-refractivity contribution in [2.75, 3.05) is 7.11 Å². The first kappa shape index (κ1) is 24.4. The van der Waals surface area contributed by atoms with Gasteiger partial charge >= 0.3 is 5.97 Å². The molecule has 0 saturated heterocycles. The molecule has 0 radical (unpaired) electrons. The highest BCUT2D eigenvalue weighted by Gasteiger charge is 2.20. The number of esters is 1. The molecule has 0 amide bonds. The number of carbonyl (C=O) groups is 1. The van der Waals surface area contributed by atoms with E-state index in [4.69, 9.17) is 4.74 Å². The first-order valence-corrected chi connectivity index (χ1v) is 9.79. The Morgan fingerprint density at radius 2 is 1.72 bits per heavy atom. The lowest BCUT2D eigenvalue weighted by Gasteiger charge is -2.04. The van der Waals surface area contributed by atoms with E-state index < -0.39 is 0 Å². The summed E-state index contributed by atoms with van der Waals surface area (Å²) in [4.78, 5) is 11.5. The summed E-state index contributed by atoms with van der Waals surface area (Å²) in [6.07, 6.45) is 13.6. The molecule has 25 heavy (non-hydrogen) atoms. The molecule has 0 aliphatic rings. The van der Waals surface area contributed by atoms with E-state index in [0.29, 0.717) is 6.42 Å². The molecule has 0 aliphatic heterocycles. The fourth-order valence-corrected chi connectivity index (χ4v) is 3.17. The second-order valence-electron chi connectivity index (χ2n) is 6.71. The number of hydrogen-bond acceptors (Lipinski definition) is 2. The van der Waals surface area contributed by atoms with Crippen molar-refractivity contribution in [2.45, 2.75) is 98.1 Å². The highest BCUT2D eigenvalue weighted by atomic mass is 127. The number of hydrogen-bond donors (Lipinski definition) is 0. The highest BCUT2D eigenvalue weighted by molar-refractivity contribution is 5.69. The van der Waals surface area contributed by atoms with Crippen LogP contribution in [0.3, 0.4) is 0 Å². The van der Waals surface area contributed by atoms with Crippen molar-refractivity contribution in [1.29, 1.82) is 0 Å². The van der Waals surface area contributed by atoms with Gasteiger partial charge in [-0.05, 0) is 25.7 Å². The number of nitrogens with zero attached hydrogens (tertiary/aromatic N) is 2. The van der Waals surface area contributed by atoms with Crippen LogP contribution in [-0.2, 0) is 29.0 Å². The van der Waals surface area contributed by atoms with E-state index in [1.807, 2.05) is 0 Å². The largest absolute Gasteiger partial charge is 1.00 e. The number of ether oxygens (including phenoxy) is 1. The Bertz CT molecular complexity index is 486. The van der Waals surface area contributed by atoms with Crippen LogP contribution in [-0.4, -0.2) is 17.6 Å². The maximum atomic E-state index is 11.5. The summed E-state index contributed by atoms with van der Waals surface area (Å²) in [5.74, 6) is 1.20. The van der Waals surface area contributed by atoms with E-state index in [1.54, 1.807) is 0 Å². The molecular weight excluding hydrogens is 427 g/mol. The van der Waals surface area contributed by atoms with Crippen LogP contribution in [0, 0.1) is 6.92 Å². The zero-order valence-electron chi connectivity index (χ0n) is 16.7. The summed E-state index contributed by atoms with van der Waals surface area (Å²) >= 11 is 0. The molecule has 1 aromatic rings. The summed E-state index contributed by atoms with van der Waals surface area (Å²) in [6, 6.07) is 0. The molecule has 0 N–H and O–H groups in total. The Kier molecular flexibility index (Phi) is 14.2. The van der Waals surface area contributed by atoms with Gasteiger partial charge in [-0.3, -0.25) is 4.79 Å². The van der Waals surface area contributed by atoms with Crippen LogP contribution in [0.25, 0.3) is 0 Å². The van der Waals surface area contributed by atoms with Gasteiger partial charge in [0.05, 0.1) is 26.6 Å². The van der Waals surface area contributed by atoms with Gasteiger partial charge in [0, 0.05) is 13.3 Å². The number of aryl methyl sites for hydroxylation is 2. The minimum absolute atomic E-state index is 0. The number of methoxy groups -OCH3 is 1. The molecule has 1 rings (SSSR count). The number of carbonyl (C=O) groups excluding carboxylic acids is 1. The van der Waals surface area contributed by atoms with Crippen molar-refractivity contribution in [2.24, 2.45) is 0 Å². The molecule has 0 bridgehead atoms. The van der Waals surface area contributed by atoms with Crippen LogP contribution in [0.1, 0.15) is 83.2 Å². The minimum atomic E-state index is -0.124. The van der Waals surface area contributed by atoms with Gasteiger partial charge < -0.3 is 28.7 Å². The van der Waals surface area contributed by atoms with E-state index in [0.717, 1.165) is 19.5 Å². The van der Waals surface area contributed by atoms with Gasteiger partial charge in [0.2, 0.25) is 0 Å². The van der Waals surface area contributed by atoms with E-state index in [-0.39, 0.29) is 29.9 Å². The third kappa shape index (κ3) is 9.06. The molecule has 0 unspecified atom stereocenters. The predicted molar refractivity (Wildman–Crippen MR) is 98.0 cm³/mol. The Hall–Kier alpha value is -0.590. The number of aromatic nitrogens is 2. The molecule has 1 aromatic heterocycles. The third-order valence-corrected chi connectivity index (χ3v) is 4.76. The lowest BCUT2D eigenvalue weighted by atomic mass is 10.2. The predicted octanol–water partition coefficient (Wildman–Crippen LogP) is 1.35. The average molecular weight is 464 g/mol. The molecule has 0 saturated carbocycles. The van der Waals surface area contributed by atoms with Crippen molar-refractivity contribution >= 4 is 5.97 Å². The second kappa shape index (κ2) is 14.6. The Morgan fingerprint density at radius 1 is 1.08 bits per heavy atom. The molecular formula is C20H37IN2O2. The Labute approximate surface area is 171 Å². The molecule has 4 nitrogen and oxygen atoms in total. The van der Waals surface area contributed by atoms with Crippen LogP contribution in [0.5, 0.6) is 0 Å². The lowest BCUT2D eigenvalue weighted by molar-refractivity contribution is -0.703. The fraction of sp³-hybridized carbons (Fsp3) is 0.800. The zero-order valence-corrected chi connectivity index (χ0v) is 18.8. The van der Waals surface area contributed by atoms with Crippen molar-refractivity contribution in [3.8, 4) is 0 Å². The summed E-state index contributed by atoms with van der Waals surface area (Å²) in [5.41, 5.74) is 1.27. The number of unbranched alkanes of at least 4 members (excludes halogenated alkanes) is 6. The van der Waals surface area contributed by atoms with Crippen molar-refractivity contribution in [3.05, 3.63) is 17.7 Å². The maximum absolute atomic E-state index is 11.5. The Balaban J connectivity index is 0.00000576. The molecule has 0 atom stereocenters. The quantitative estimate of drug-likeness (QED) is 0.191. The first-order chi connectivity index (χ1) is 11.6. The van der Waals surface area contributed by atoms with E-state index in [9.17, 15) is 4.79 Å². The second-order valence-corrected chi connectivity index (χ2v) is 6.71. The van der Waals surface area contributed by atoms with Crippen molar-refractivity contribution in [1.82, 2.24) is 4.57 Å². The van der Waals surface area contributed by atoms with Gasteiger partial charge in [0.15, 0.2) is 0 Å². The SMILES string of the molecule is CCCCCCn1c(CCC(=O)OC)c[n+](CCCCCC)c1C.[I-]. The van der Waals surface area contributed by atoms with E-state index in [2.05, 4.69) is 36.1 Å². The maximum Gasteiger partial charge on any atom is 0.305 e. The van der Waals surface area contributed by atoms with Gasteiger partial charge in [-0.15, -0.1) is 0 Å². The van der Waals surface area contributed by atoms with Gasteiger partial charge in [-0.25, -0.2) is 9.13 Å². The summed E-state index contributed by atoms with van der Waals surface area (Å²) < 4.78 is 9.59. The van der Waals surface area contributed by atoms with Gasteiger partial charge in [0.1, 0.15) is 11.9 Å².